The Morgan fingerprint density at radius 3 is 1.98 bits per heavy atom. The van der Waals surface area contributed by atoms with Gasteiger partial charge in [-0.1, -0.05) is 109 Å². The highest BCUT2D eigenvalue weighted by Crippen LogP contribution is 2.50. The van der Waals surface area contributed by atoms with Gasteiger partial charge in [0.2, 0.25) is 0 Å². The zero-order valence-electron chi connectivity index (χ0n) is 24.2. The van der Waals surface area contributed by atoms with Crippen LogP contribution in [0.15, 0.2) is 140 Å². The molecule has 0 bridgehead atoms. The van der Waals surface area contributed by atoms with E-state index in [-0.39, 0.29) is 0 Å². The molecule has 0 saturated carbocycles. The van der Waals surface area contributed by atoms with Crippen LogP contribution in [0.3, 0.4) is 0 Å². The average Bonchev–Trinajstić information content (AvgIpc) is 3.07. The lowest BCUT2D eigenvalue weighted by Gasteiger charge is -2.24. The van der Waals surface area contributed by atoms with E-state index in [0.717, 1.165) is 22.6 Å². The van der Waals surface area contributed by atoms with Crippen molar-refractivity contribution in [2.45, 2.75) is 6.92 Å². The molecule has 0 unspecified atom stereocenters. The third kappa shape index (κ3) is 3.24. The van der Waals surface area contributed by atoms with Gasteiger partial charge in [-0.15, -0.1) is 0 Å². The molecule has 0 atom stereocenters. The molecule has 0 fully saturated rings. The van der Waals surface area contributed by atoms with E-state index >= 15 is 0 Å². The zero-order chi connectivity index (χ0) is 28.9. The normalized spacial score (nSPS) is 12.4. The minimum atomic E-state index is 0.911. The highest BCUT2D eigenvalue weighted by atomic mass is 16.5. The summed E-state index contributed by atoms with van der Waals surface area (Å²) in [6, 6.07) is 51.1. The minimum Gasteiger partial charge on any atom is -0.456 e. The third-order valence-corrected chi connectivity index (χ3v) is 9.70. The lowest BCUT2D eigenvalue weighted by molar-refractivity contribution is 0.487. The quantitative estimate of drug-likeness (QED) is 0.192. The van der Waals surface area contributed by atoms with Gasteiger partial charge in [0.05, 0.1) is 0 Å². The molecule has 0 spiro atoms. The van der Waals surface area contributed by atoms with Crippen molar-refractivity contribution in [2.24, 2.45) is 0 Å². The van der Waals surface area contributed by atoms with Gasteiger partial charge >= 0.3 is 0 Å². The zero-order valence-corrected chi connectivity index (χ0v) is 24.2. The second-order valence-corrected chi connectivity index (χ2v) is 12.1. The van der Waals surface area contributed by atoms with Gasteiger partial charge in [0.25, 0.3) is 0 Å². The first kappa shape index (κ1) is 23.9. The van der Waals surface area contributed by atoms with Gasteiger partial charge in [-0.05, 0) is 119 Å². The van der Waals surface area contributed by atoms with Crippen molar-refractivity contribution in [3.8, 4) is 44.9 Å². The fourth-order valence-electron chi connectivity index (χ4n) is 7.66. The highest BCUT2D eigenvalue weighted by molar-refractivity contribution is 6.26. The summed E-state index contributed by atoms with van der Waals surface area (Å²) in [6.45, 7) is 2.25. The van der Waals surface area contributed by atoms with Crippen molar-refractivity contribution in [3.05, 3.63) is 145 Å². The molecule has 0 saturated heterocycles. The van der Waals surface area contributed by atoms with Gasteiger partial charge in [0.1, 0.15) is 11.5 Å². The van der Waals surface area contributed by atoms with Crippen LogP contribution >= 0.6 is 0 Å². The summed E-state index contributed by atoms with van der Waals surface area (Å²) in [4.78, 5) is 0. The van der Waals surface area contributed by atoms with E-state index in [9.17, 15) is 0 Å². The van der Waals surface area contributed by atoms with E-state index in [1.807, 2.05) is 0 Å². The number of hydrogen-bond acceptors (Lipinski definition) is 1. The molecular formula is C43H26O. The molecule has 1 heteroatoms. The van der Waals surface area contributed by atoms with Gasteiger partial charge in [-0.25, -0.2) is 0 Å². The smallest absolute Gasteiger partial charge is 0.135 e. The van der Waals surface area contributed by atoms with E-state index < -0.39 is 0 Å². The van der Waals surface area contributed by atoms with E-state index in [1.165, 1.54) is 81.7 Å². The first-order valence-corrected chi connectivity index (χ1v) is 15.3. The van der Waals surface area contributed by atoms with Crippen LogP contribution in [0.4, 0.5) is 0 Å². The molecule has 0 aliphatic carbocycles. The predicted octanol–water partition coefficient (Wildman–Crippen LogP) is 12.3. The van der Waals surface area contributed by atoms with Crippen molar-refractivity contribution in [1.82, 2.24) is 0 Å². The van der Waals surface area contributed by atoms with Crippen LogP contribution in [0, 0.1) is 6.92 Å². The summed E-state index contributed by atoms with van der Waals surface area (Å²) in [6.07, 6.45) is 0. The Bertz CT molecular complexity index is 2610. The fourth-order valence-corrected chi connectivity index (χ4v) is 7.66. The Labute approximate surface area is 254 Å². The number of aryl methyl sites for hydroxylation is 1. The Morgan fingerprint density at radius 2 is 1.11 bits per heavy atom. The molecular weight excluding hydrogens is 532 g/mol. The van der Waals surface area contributed by atoms with Crippen LogP contribution in [0.25, 0.3) is 87.2 Å². The molecule has 0 N–H and O–H groups in total. The topological polar surface area (TPSA) is 9.23 Å². The maximum atomic E-state index is 6.63. The molecule has 0 amide bonds. The largest absolute Gasteiger partial charge is 0.456 e. The Kier molecular flexibility index (Phi) is 4.71. The second-order valence-electron chi connectivity index (χ2n) is 12.1. The van der Waals surface area contributed by atoms with E-state index in [4.69, 9.17) is 4.74 Å². The maximum absolute atomic E-state index is 6.63. The molecule has 1 nitrogen and oxygen atoms in total. The van der Waals surface area contributed by atoms with E-state index in [2.05, 4.69) is 146 Å². The minimum absolute atomic E-state index is 0.911. The van der Waals surface area contributed by atoms with Crippen LogP contribution < -0.4 is 4.74 Å². The van der Waals surface area contributed by atoms with Gasteiger partial charge in [-0.3, -0.25) is 0 Å². The molecule has 1 heterocycles. The fraction of sp³-hybridized carbons (Fsp3) is 0.0233. The monoisotopic (exact) mass is 558 g/mol. The third-order valence-electron chi connectivity index (χ3n) is 9.70. The molecule has 9 aromatic carbocycles. The van der Waals surface area contributed by atoms with Crippen molar-refractivity contribution >= 4 is 53.9 Å². The number of fused-ring (bicyclic) bond motifs is 4. The van der Waals surface area contributed by atoms with E-state index in [1.54, 1.807) is 0 Å². The van der Waals surface area contributed by atoms with Crippen LogP contribution in [-0.4, -0.2) is 0 Å². The second kappa shape index (κ2) is 8.69. The molecule has 1 aliphatic rings. The molecule has 9 aromatic rings. The molecule has 0 aromatic heterocycles. The Morgan fingerprint density at radius 1 is 0.364 bits per heavy atom. The van der Waals surface area contributed by atoms with Crippen LogP contribution in [0.5, 0.6) is 11.5 Å². The molecule has 1 aliphatic heterocycles. The number of benzene rings is 9. The number of ether oxygens (including phenoxy) is 1. The first-order chi connectivity index (χ1) is 21.7. The van der Waals surface area contributed by atoms with Crippen molar-refractivity contribution < 1.29 is 4.74 Å². The van der Waals surface area contributed by atoms with Gasteiger partial charge in [-0.2, -0.15) is 0 Å². The average molecular weight is 559 g/mol. The summed E-state index contributed by atoms with van der Waals surface area (Å²) in [5.41, 5.74) is 8.54. The van der Waals surface area contributed by atoms with Gasteiger partial charge < -0.3 is 4.74 Å². The lowest BCUT2D eigenvalue weighted by atomic mass is 9.86. The van der Waals surface area contributed by atoms with Crippen molar-refractivity contribution in [1.29, 1.82) is 0 Å². The van der Waals surface area contributed by atoms with Crippen molar-refractivity contribution in [3.63, 3.8) is 0 Å². The van der Waals surface area contributed by atoms with Gasteiger partial charge in [0.15, 0.2) is 0 Å². The molecule has 0 radical (unpaired) electrons. The van der Waals surface area contributed by atoms with Crippen LogP contribution in [-0.2, 0) is 0 Å². The van der Waals surface area contributed by atoms with Crippen LogP contribution in [0.1, 0.15) is 5.56 Å². The number of rotatable bonds is 2. The standard InChI is InChI=1S/C43H26O/c1-25-21-31(32-18-15-29-14-13-27-9-5-10-28-16-20-35(32)42(29)41(27)28)22-37-34-11-6-12-39-43(34)38(24-36(25)37)33-19-17-30(23-40(33)44-39)26-7-3-2-4-8-26/h2-24H,1H3. The molecule has 10 rings (SSSR count). The van der Waals surface area contributed by atoms with E-state index in [0.29, 0.717) is 0 Å². The summed E-state index contributed by atoms with van der Waals surface area (Å²) < 4.78 is 6.63. The summed E-state index contributed by atoms with van der Waals surface area (Å²) in [5, 5.41) is 12.9. The lowest BCUT2D eigenvalue weighted by Crippen LogP contribution is -1.98. The van der Waals surface area contributed by atoms with Crippen LogP contribution in [0.2, 0.25) is 0 Å². The SMILES string of the molecule is Cc1cc(-c2ccc3ccc4cccc5ccc2c3c45)cc2c1cc1c3c(cccc32)Oc2cc(-c3ccccc3)ccc2-1. The molecule has 204 valence electrons. The van der Waals surface area contributed by atoms with Crippen molar-refractivity contribution in [2.75, 3.05) is 0 Å². The molecule has 44 heavy (non-hydrogen) atoms. The summed E-state index contributed by atoms with van der Waals surface area (Å²) in [5.74, 6) is 1.83. The van der Waals surface area contributed by atoms with Gasteiger partial charge in [0, 0.05) is 10.9 Å². The maximum Gasteiger partial charge on any atom is 0.135 e. The summed E-state index contributed by atoms with van der Waals surface area (Å²) in [7, 11) is 0. The first-order valence-electron chi connectivity index (χ1n) is 15.3. The number of hydrogen-bond donors (Lipinski definition) is 0. The Hall–Kier alpha value is -5.66. The Balaban J connectivity index is 1.22. The predicted molar refractivity (Wildman–Crippen MR) is 186 cm³/mol. The highest BCUT2D eigenvalue weighted by Gasteiger charge is 2.23. The summed E-state index contributed by atoms with van der Waals surface area (Å²) >= 11 is 0.